The maximum atomic E-state index is 11.5. The van der Waals surface area contributed by atoms with Crippen LogP contribution >= 0.6 is 0 Å². The Bertz CT molecular complexity index is 468. The van der Waals surface area contributed by atoms with Crippen LogP contribution in [0, 0.1) is 37.5 Å². The molecule has 4 fully saturated rings. The molecular formula is C18H24O. The summed E-state index contributed by atoms with van der Waals surface area (Å²) in [6.07, 6.45) is 6.48. The average molecular weight is 256 g/mol. The van der Waals surface area contributed by atoms with Crippen LogP contribution in [-0.2, 0) is 5.60 Å². The van der Waals surface area contributed by atoms with Gasteiger partial charge in [-0.15, -0.1) is 0 Å². The molecule has 0 spiro atoms. The highest BCUT2D eigenvalue weighted by molar-refractivity contribution is 5.35. The van der Waals surface area contributed by atoms with E-state index in [-0.39, 0.29) is 0 Å². The number of rotatable bonds is 1. The summed E-state index contributed by atoms with van der Waals surface area (Å²) in [5.74, 6) is 2.86. The Hall–Kier alpha value is -0.820. The normalized spacial score (nSPS) is 43.7. The van der Waals surface area contributed by atoms with E-state index in [0.29, 0.717) is 11.8 Å². The van der Waals surface area contributed by atoms with Gasteiger partial charge < -0.3 is 5.11 Å². The largest absolute Gasteiger partial charge is 0.385 e. The van der Waals surface area contributed by atoms with Gasteiger partial charge in [0, 0.05) is 0 Å². The highest BCUT2D eigenvalue weighted by Gasteiger charge is 2.57. The smallest absolute Gasteiger partial charge is 0.0953 e. The van der Waals surface area contributed by atoms with Crippen LogP contribution in [0.25, 0.3) is 0 Å². The quantitative estimate of drug-likeness (QED) is 0.806. The number of aryl methyl sites for hydroxylation is 2. The lowest BCUT2D eigenvalue weighted by molar-refractivity contribution is -0.179. The maximum absolute atomic E-state index is 11.5. The van der Waals surface area contributed by atoms with Crippen molar-refractivity contribution in [2.75, 3.05) is 0 Å². The lowest BCUT2D eigenvalue weighted by atomic mass is 9.48. The first-order valence-corrected chi connectivity index (χ1v) is 7.87. The molecule has 102 valence electrons. The van der Waals surface area contributed by atoms with Crippen LogP contribution in [0.3, 0.4) is 0 Å². The second kappa shape index (κ2) is 3.85. The molecule has 0 amide bonds. The molecule has 0 aliphatic heterocycles. The van der Waals surface area contributed by atoms with Gasteiger partial charge in [-0.2, -0.15) is 0 Å². The Kier molecular flexibility index (Phi) is 2.42. The zero-order chi connectivity index (χ0) is 13.2. The second-order valence-corrected chi connectivity index (χ2v) is 7.51. The van der Waals surface area contributed by atoms with Gasteiger partial charge in [-0.05, 0) is 75.2 Å². The van der Waals surface area contributed by atoms with E-state index in [1.54, 1.807) is 0 Å². The Morgan fingerprint density at radius 3 is 1.79 bits per heavy atom. The van der Waals surface area contributed by atoms with Gasteiger partial charge in [0.1, 0.15) is 0 Å². The fourth-order valence-electron chi connectivity index (χ4n) is 5.58. The van der Waals surface area contributed by atoms with E-state index in [0.717, 1.165) is 11.8 Å². The summed E-state index contributed by atoms with van der Waals surface area (Å²) in [6.45, 7) is 4.30. The Balaban J connectivity index is 1.80. The molecule has 0 radical (unpaired) electrons. The van der Waals surface area contributed by atoms with E-state index in [4.69, 9.17) is 0 Å². The molecule has 0 unspecified atom stereocenters. The van der Waals surface area contributed by atoms with Crippen molar-refractivity contribution in [3.8, 4) is 0 Å². The molecule has 4 aliphatic rings. The van der Waals surface area contributed by atoms with E-state index >= 15 is 0 Å². The second-order valence-electron chi connectivity index (χ2n) is 7.51. The fourth-order valence-corrected chi connectivity index (χ4v) is 5.58. The summed E-state index contributed by atoms with van der Waals surface area (Å²) in [5, 5.41) is 11.5. The van der Waals surface area contributed by atoms with Gasteiger partial charge in [0.25, 0.3) is 0 Å². The molecule has 1 heteroatoms. The molecule has 4 bridgehead atoms. The third kappa shape index (κ3) is 1.64. The van der Waals surface area contributed by atoms with Crippen LogP contribution in [0.4, 0.5) is 0 Å². The van der Waals surface area contributed by atoms with Crippen molar-refractivity contribution in [1.82, 2.24) is 0 Å². The lowest BCUT2D eigenvalue weighted by Gasteiger charge is -2.59. The molecule has 0 saturated heterocycles. The van der Waals surface area contributed by atoms with Crippen molar-refractivity contribution in [2.45, 2.75) is 51.6 Å². The molecule has 4 saturated carbocycles. The molecule has 5 rings (SSSR count). The summed E-state index contributed by atoms with van der Waals surface area (Å²) in [6, 6.07) is 6.67. The summed E-state index contributed by atoms with van der Waals surface area (Å²) >= 11 is 0. The third-order valence-electron chi connectivity index (χ3n) is 6.07. The predicted molar refractivity (Wildman–Crippen MR) is 76.9 cm³/mol. The van der Waals surface area contributed by atoms with Crippen LogP contribution in [0.5, 0.6) is 0 Å². The molecular weight excluding hydrogens is 232 g/mol. The van der Waals surface area contributed by atoms with E-state index in [1.165, 1.54) is 48.8 Å². The number of hydrogen-bond acceptors (Lipinski definition) is 1. The minimum Gasteiger partial charge on any atom is -0.385 e. The monoisotopic (exact) mass is 256 g/mol. The SMILES string of the molecule is Cc1cc(C)cc(C2(O)C3CC4CC(C3)CC2C4)c1. The standard InChI is InChI=1S/C18H24O/c1-11-3-12(2)5-15(4-11)18(19)16-7-13-6-14(9-16)10-17(18)8-13/h3-5,13-14,16-17,19H,6-10H2,1-2H3. The molecule has 1 aromatic rings. The highest BCUT2D eigenvalue weighted by atomic mass is 16.3. The summed E-state index contributed by atoms with van der Waals surface area (Å²) in [4.78, 5) is 0. The summed E-state index contributed by atoms with van der Waals surface area (Å²) in [5.41, 5.74) is 3.26. The van der Waals surface area contributed by atoms with Gasteiger partial charge in [0.05, 0.1) is 5.60 Å². The van der Waals surface area contributed by atoms with Gasteiger partial charge >= 0.3 is 0 Å². The van der Waals surface area contributed by atoms with Crippen molar-refractivity contribution in [1.29, 1.82) is 0 Å². The fraction of sp³-hybridized carbons (Fsp3) is 0.667. The average Bonchev–Trinajstić information content (AvgIpc) is 2.33. The summed E-state index contributed by atoms with van der Waals surface area (Å²) in [7, 11) is 0. The molecule has 19 heavy (non-hydrogen) atoms. The van der Waals surface area contributed by atoms with Gasteiger partial charge in [-0.1, -0.05) is 29.3 Å². The van der Waals surface area contributed by atoms with Crippen molar-refractivity contribution < 1.29 is 5.11 Å². The van der Waals surface area contributed by atoms with Gasteiger partial charge in [0.15, 0.2) is 0 Å². The minimum absolute atomic E-state index is 0.518. The van der Waals surface area contributed by atoms with E-state index in [1.807, 2.05) is 0 Å². The summed E-state index contributed by atoms with van der Waals surface area (Å²) < 4.78 is 0. The first-order valence-electron chi connectivity index (χ1n) is 7.87. The van der Waals surface area contributed by atoms with Crippen LogP contribution in [0.1, 0.15) is 48.8 Å². The zero-order valence-corrected chi connectivity index (χ0v) is 12.0. The van der Waals surface area contributed by atoms with Crippen molar-refractivity contribution >= 4 is 0 Å². The van der Waals surface area contributed by atoms with Crippen LogP contribution in [0.2, 0.25) is 0 Å². The zero-order valence-electron chi connectivity index (χ0n) is 12.0. The first kappa shape index (κ1) is 12.0. The number of benzene rings is 1. The van der Waals surface area contributed by atoms with Gasteiger partial charge in [-0.25, -0.2) is 0 Å². The minimum atomic E-state index is -0.524. The van der Waals surface area contributed by atoms with E-state index in [2.05, 4.69) is 32.0 Å². The van der Waals surface area contributed by atoms with Crippen LogP contribution < -0.4 is 0 Å². The molecule has 1 N–H and O–H groups in total. The van der Waals surface area contributed by atoms with E-state index < -0.39 is 5.60 Å². The lowest BCUT2D eigenvalue weighted by Crippen LogP contribution is -2.55. The predicted octanol–water partition coefficient (Wildman–Crippen LogP) is 3.95. The highest BCUT2D eigenvalue weighted by Crippen LogP contribution is 2.61. The topological polar surface area (TPSA) is 20.2 Å². The Morgan fingerprint density at radius 1 is 0.842 bits per heavy atom. The van der Waals surface area contributed by atoms with Gasteiger partial charge in [0.2, 0.25) is 0 Å². The van der Waals surface area contributed by atoms with Crippen LogP contribution in [0.15, 0.2) is 18.2 Å². The van der Waals surface area contributed by atoms with Crippen molar-refractivity contribution in [2.24, 2.45) is 23.7 Å². The van der Waals surface area contributed by atoms with Crippen molar-refractivity contribution in [3.63, 3.8) is 0 Å². The van der Waals surface area contributed by atoms with Crippen LogP contribution in [-0.4, -0.2) is 5.11 Å². The molecule has 1 nitrogen and oxygen atoms in total. The number of hydrogen-bond donors (Lipinski definition) is 1. The molecule has 4 aliphatic carbocycles. The molecule has 1 aromatic carbocycles. The number of aliphatic hydroxyl groups is 1. The molecule has 0 heterocycles. The van der Waals surface area contributed by atoms with Crippen molar-refractivity contribution in [3.05, 3.63) is 34.9 Å². The third-order valence-corrected chi connectivity index (χ3v) is 6.07. The Morgan fingerprint density at radius 2 is 1.32 bits per heavy atom. The van der Waals surface area contributed by atoms with Gasteiger partial charge in [-0.3, -0.25) is 0 Å². The Labute approximate surface area is 116 Å². The van der Waals surface area contributed by atoms with E-state index in [9.17, 15) is 5.11 Å². The molecule has 0 atom stereocenters. The maximum Gasteiger partial charge on any atom is 0.0953 e. The molecule has 0 aromatic heterocycles. The first-order chi connectivity index (χ1) is 9.05.